The minimum atomic E-state index is -1.13. The van der Waals surface area contributed by atoms with Crippen molar-refractivity contribution in [3.63, 3.8) is 0 Å². The van der Waals surface area contributed by atoms with E-state index in [9.17, 15) is 9.59 Å². The van der Waals surface area contributed by atoms with Crippen LogP contribution in [0.3, 0.4) is 0 Å². The summed E-state index contributed by atoms with van der Waals surface area (Å²) < 4.78 is 0.938. The van der Waals surface area contributed by atoms with E-state index in [0.29, 0.717) is 12.0 Å². The van der Waals surface area contributed by atoms with Crippen molar-refractivity contribution in [1.82, 2.24) is 4.57 Å². The highest BCUT2D eigenvalue weighted by atomic mass is 16.4. The van der Waals surface area contributed by atoms with Crippen LogP contribution >= 0.6 is 0 Å². The Hall–Kier alpha value is -1.58. The number of carbonyl (C=O) groups is 2. The van der Waals surface area contributed by atoms with Gasteiger partial charge in [-0.15, -0.1) is 0 Å². The molecule has 58 valence electrons. The maximum Gasteiger partial charge on any atom is 0.416 e. The van der Waals surface area contributed by atoms with Crippen LogP contribution in [0.4, 0.5) is 4.79 Å². The smallest absolute Gasteiger partial charge is 0.416 e. The molecule has 4 heteroatoms. The van der Waals surface area contributed by atoms with Crippen molar-refractivity contribution < 1.29 is 14.7 Å². The van der Waals surface area contributed by atoms with Crippen LogP contribution in [0.1, 0.15) is 16.2 Å². The number of hydrogen-bond donors (Lipinski definition) is 1. The SMILES string of the molecule is Cc1ccc(C=O)n1C(=O)O. The second-order valence-corrected chi connectivity index (χ2v) is 2.14. The molecule has 11 heavy (non-hydrogen) atoms. The maximum atomic E-state index is 10.5. The first-order chi connectivity index (χ1) is 5.16. The number of carbonyl (C=O) groups excluding carboxylic acids is 1. The van der Waals surface area contributed by atoms with Crippen LogP contribution in [0.5, 0.6) is 0 Å². The van der Waals surface area contributed by atoms with Gasteiger partial charge in [0.25, 0.3) is 0 Å². The van der Waals surface area contributed by atoms with Gasteiger partial charge >= 0.3 is 6.09 Å². The first kappa shape index (κ1) is 7.53. The lowest BCUT2D eigenvalue weighted by molar-refractivity contribution is 0.111. The standard InChI is InChI=1S/C7H7NO3/c1-5-2-3-6(4-9)8(5)7(10)11/h2-4H,1H3,(H,10,11). The van der Waals surface area contributed by atoms with Crippen LogP contribution in [-0.4, -0.2) is 22.1 Å². The van der Waals surface area contributed by atoms with Gasteiger partial charge in [0, 0.05) is 5.69 Å². The fraction of sp³-hybridized carbons (Fsp3) is 0.143. The molecule has 0 amide bonds. The number of aromatic nitrogens is 1. The van der Waals surface area contributed by atoms with Gasteiger partial charge in [0.2, 0.25) is 0 Å². The third kappa shape index (κ3) is 1.14. The molecular weight excluding hydrogens is 146 g/mol. The summed E-state index contributed by atoms with van der Waals surface area (Å²) in [5.74, 6) is 0. The number of hydrogen-bond acceptors (Lipinski definition) is 2. The summed E-state index contributed by atoms with van der Waals surface area (Å²) in [5.41, 5.74) is 0.703. The molecule has 0 atom stereocenters. The van der Waals surface area contributed by atoms with E-state index < -0.39 is 6.09 Å². The number of aldehydes is 1. The number of carboxylic acid groups (broad SMARTS) is 1. The molecule has 1 rings (SSSR count). The molecule has 0 aliphatic rings. The summed E-state index contributed by atoms with van der Waals surface area (Å²) in [6, 6.07) is 3.05. The topological polar surface area (TPSA) is 59.3 Å². The highest BCUT2D eigenvalue weighted by Gasteiger charge is 2.08. The molecule has 0 aliphatic carbocycles. The zero-order chi connectivity index (χ0) is 8.43. The van der Waals surface area contributed by atoms with Crippen LogP contribution in [0.2, 0.25) is 0 Å². The second kappa shape index (κ2) is 2.57. The van der Waals surface area contributed by atoms with Gasteiger partial charge in [0.15, 0.2) is 6.29 Å². The zero-order valence-corrected chi connectivity index (χ0v) is 5.94. The maximum absolute atomic E-state index is 10.5. The predicted molar refractivity (Wildman–Crippen MR) is 38.0 cm³/mol. The number of rotatable bonds is 1. The zero-order valence-electron chi connectivity index (χ0n) is 5.94. The van der Waals surface area contributed by atoms with Gasteiger partial charge in [-0.3, -0.25) is 4.79 Å². The Kier molecular flexibility index (Phi) is 1.76. The third-order valence-electron chi connectivity index (χ3n) is 1.42. The minimum Gasteiger partial charge on any atom is -0.464 e. The molecule has 0 fully saturated rings. The minimum absolute atomic E-state index is 0.162. The van der Waals surface area contributed by atoms with Gasteiger partial charge in [-0.1, -0.05) is 0 Å². The predicted octanol–water partition coefficient (Wildman–Crippen LogP) is 1.14. The van der Waals surface area contributed by atoms with Crippen molar-refractivity contribution in [3.8, 4) is 0 Å². The fourth-order valence-electron chi connectivity index (χ4n) is 0.912. The summed E-state index contributed by atoms with van der Waals surface area (Å²) in [6.07, 6.45) is -0.615. The molecule has 0 saturated carbocycles. The van der Waals surface area contributed by atoms with Gasteiger partial charge in [-0.05, 0) is 19.1 Å². The number of aryl methyl sites for hydroxylation is 1. The monoisotopic (exact) mass is 153 g/mol. The lowest BCUT2D eigenvalue weighted by Gasteiger charge is -1.98. The van der Waals surface area contributed by atoms with Crippen molar-refractivity contribution in [2.45, 2.75) is 6.92 Å². The molecule has 1 N–H and O–H groups in total. The summed E-state index contributed by atoms with van der Waals surface area (Å²) in [5, 5.41) is 8.57. The van der Waals surface area contributed by atoms with Crippen molar-refractivity contribution in [3.05, 3.63) is 23.5 Å². The summed E-state index contributed by atoms with van der Waals surface area (Å²) in [7, 11) is 0. The molecule has 1 aromatic heterocycles. The molecule has 0 saturated heterocycles. The van der Waals surface area contributed by atoms with Crippen LogP contribution in [0.15, 0.2) is 12.1 Å². The highest BCUT2D eigenvalue weighted by molar-refractivity contribution is 5.82. The van der Waals surface area contributed by atoms with Crippen molar-refractivity contribution in [2.75, 3.05) is 0 Å². The molecular formula is C7H7NO3. The lowest BCUT2D eigenvalue weighted by Crippen LogP contribution is -2.12. The van der Waals surface area contributed by atoms with Crippen LogP contribution in [-0.2, 0) is 0 Å². The Bertz CT molecular complexity index is 301. The summed E-state index contributed by atoms with van der Waals surface area (Å²) in [4.78, 5) is 20.7. The van der Waals surface area contributed by atoms with E-state index in [1.807, 2.05) is 0 Å². The Balaban J connectivity index is 3.28. The molecule has 0 radical (unpaired) electrons. The lowest BCUT2D eigenvalue weighted by atomic mass is 10.5. The van der Waals surface area contributed by atoms with Gasteiger partial charge in [-0.25, -0.2) is 9.36 Å². The Morgan fingerprint density at radius 1 is 1.64 bits per heavy atom. The highest BCUT2D eigenvalue weighted by Crippen LogP contribution is 2.04. The Morgan fingerprint density at radius 2 is 2.27 bits per heavy atom. The van der Waals surface area contributed by atoms with Gasteiger partial charge < -0.3 is 5.11 Å². The molecule has 1 aromatic rings. The molecule has 4 nitrogen and oxygen atoms in total. The van der Waals surface area contributed by atoms with Gasteiger partial charge in [0.05, 0.1) is 5.69 Å². The molecule has 0 bridgehead atoms. The Morgan fingerprint density at radius 3 is 2.64 bits per heavy atom. The van der Waals surface area contributed by atoms with E-state index in [4.69, 9.17) is 5.11 Å². The first-order valence-electron chi connectivity index (χ1n) is 3.03. The largest absolute Gasteiger partial charge is 0.464 e. The molecule has 0 aliphatic heterocycles. The first-order valence-corrected chi connectivity index (χ1v) is 3.03. The van der Waals surface area contributed by atoms with E-state index in [1.165, 1.54) is 6.07 Å². The second-order valence-electron chi connectivity index (χ2n) is 2.14. The van der Waals surface area contributed by atoms with Crippen molar-refractivity contribution >= 4 is 12.4 Å². The third-order valence-corrected chi connectivity index (χ3v) is 1.42. The molecule has 0 unspecified atom stereocenters. The number of nitrogens with zero attached hydrogens (tertiary/aromatic N) is 1. The van der Waals surface area contributed by atoms with E-state index in [0.717, 1.165) is 4.57 Å². The molecule has 1 heterocycles. The summed E-state index contributed by atoms with van der Waals surface area (Å²) in [6.45, 7) is 1.63. The average molecular weight is 153 g/mol. The molecule has 0 aromatic carbocycles. The van der Waals surface area contributed by atoms with Crippen LogP contribution in [0, 0.1) is 6.92 Å². The van der Waals surface area contributed by atoms with Crippen LogP contribution in [0.25, 0.3) is 0 Å². The van der Waals surface area contributed by atoms with Crippen molar-refractivity contribution in [2.24, 2.45) is 0 Å². The van der Waals surface area contributed by atoms with E-state index in [1.54, 1.807) is 13.0 Å². The van der Waals surface area contributed by atoms with E-state index in [2.05, 4.69) is 0 Å². The average Bonchev–Trinajstić information content (AvgIpc) is 2.30. The van der Waals surface area contributed by atoms with E-state index >= 15 is 0 Å². The summed E-state index contributed by atoms with van der Waals surface area (Å²) >= 11 is 0. The quantitative estimate of drug-likeness (QED) is 0.615. The Labute approximate surface area is 63.1 Å². The normalized spacial score (nSPS) is 9.55. The van der Waals surface area contributed by atoms with Gasteiger partial charge in [-0.2, -0.15) is 0 Å². The fourth-order valence-corrected chi connectivity index (χ4v) is 0.912. The van der Waals surface area contributed by atoms with Crippen molar-refractivity contribution in [1.29, 1.82) is 0 Å². The van der Waals surface area contributed by atoms with Gasteiger partial charge in [0.1, 0.15) is 0 Å². The molecule has 0 spiro atoms. The van der Waals surface area contributed by atoms with E-state index in [-0.39, 0.29) is 5.69 Å². The van der Waals surface area contributed by atoms with Crippen LogP contribution < -0.4 is 0 Å².